The number of hydrogen-bond acceptors (Lipinski definition) is 6. The number of anilines is 1. The topological polar surface area (TPSA) is 94.2 Å². The van der Waals surface area contributed by atoms with E-state index in [-0.39, 0.29) is 30.2 Å². The second kappa shape index (κ2) is 11.7. The maximum absolute atomic E-state index is 12.6. The van der Waals surface area contributed by atoms with E-state index in [4.69, 9.17) is 14.2 Å². The first-order valence-electron chi connectivity index (χ1n) is 11.9. The number of carbonyl (C=O) groups is 3. The normalized spacial score (nSPS) is 18.4. The lowest BCUT2D eigenvalue weighted by Gasteiger charge is -2.38. The summed E-state index contributed by atoms with van der Waals surface area (Å²) in [4.78, 5) is 39.6. The molecular weight excluding hydrogens is 448 g/mol. The van der Waals surface area contributed by atoms with Crippen LogP contribution in [0.3, 0.4) is 0 Å². The Morgan fingerprint density at radius 2 is 1.71 bits per heavy atom. The number of methoxy groups -OCH3 is 1. The number of likely N-dealkylation sites (tertiary alicyclic amines) is 1. The van der Waals surface area contributed by atoms with E-state index in [1.807, 2.05) is 17.9 Å². The van der Waals surface area contributed by atoms with Crippen molar-refractivity contribution in [3.8, 4) is 11.5 Å². The van der Waals surface area contributed by atoms with E-state index in [0.717, 1.165) is 24.8 Å². The number of ether oxygens (including phenoxy) is 3. The Morgan fingerprint density at radius 1 is 1.06 bits per heavy atom. The quantitative estimate of drug-likeness (QED) is 0.562. The Labute approximate surface area is 206 Å². The van der Waals surface area contributed by atoms with Gasteiger partial charge >= 0.3 is 5.97 Å². The van der Waals surface area contributed by atoms with Gasteiger partial charge in [0.05, 0.1) is 18.4 Å². The van der Waals surface area contributed by atoms with Gasteiger partial charge in [0.1, 0.15) is 11.5 Å². The first kappa shape index (κ1) is 26.1. The highest BCUT2D eigenvalue weighted by Gasteiger charge is 2.29. The molecule has 1 fully saturated rings. The molecule has 3 atom stereocenters. The molecule has 0 spiro atoms. The highest BCUT2D eigenvalue weighted by Crippen LogP contribution is 2.26. The van der Waals surface area contributed by atoms with Crippen molar-refractivity contribution in [3.63, 3.8) is 0 Å². The number of carbonyl (C=O) groups excluding carboxylic acids is 3. The van der Waals surface area contributed by atoms with E-state index in [2.05, 4.69) is 19.2 Å². The molecule has 2 aromatic carbocycles. The summed E-state index contributed by atoms with van der Waals surface area (Å²) in [6.45, 7) is 7.47. The molecule has 8 nitrogen and oxygen atoms in total. The lowest BCUT2D eigenvalue weighted by molar-refractivity contribution is -0.139. The Bertz CT molecular complexity index is 1040. The number of nitrogens with one attached hydrogen (secondary N) is 1. The lowest BCUT2D eigenvalue weighted by atomic mass is 9.97. The van der Waals surface area contributed by atoms with Crippen molar-refractivity contribution in [3.05, 3.63) is 53.6 Å². The van der Waals surface area contributed by atoms with E-state index in [0.29, 0.717) is 17.2 Å². The lowest BCUT2D eigenvalue weighted by Crippen LogP contribution is -2.49. The van der Waals surface area contributed by atoms with Crippen molar-refractivity contribution < 1.29 is 28.6 Å². The van der Waals surface area contributed by atoms with Crippen molar-refractivity contribution in [2.24, 2.45) is 0 Å². The molecule has 0 radical (unpaired) electrons. The predicted molar refractivity (Wildman–Crippen MR) is 133 cm³/mol. The standard InChI is InChI=1S/C27H34N2O6/c1-17-9-14-24(33-5)23(15-17)28-26(31)20(4)35-27(32)21-10-12-22(13-11-21)34-16-25(30)29-18(2)7-6-8-19(29)3/h9-15,18-20H,6-8,16H2,1-5H3,(H,28,31). The fourth-order valence-corrected chi connectivity index (χ4v) is 4.26. The molecule has 1 aliphatic rings. The summed E-state index contributed by atoms with van der Waals surface area (Å²) in [5, 5.41) is 2.73. The molecule has 1 N–H and O–H groups in total. The zero-order valence-corrected chi connectivity index (χ0v) is 21.0. The Morgan fingerprint density at radius 3 is 2.34 bits per heavy atom. The van der Waals surface area contributed by atoms with Crippen LogP contribution < -0.4 is 14.8 Å². The molecule has 0 bridgehead atoms. The molecular formula is C27H34N2O6. The number of aryl methyl sites for hydroxylation is 1. The molecule has 1 heterocycles. The van der Waals surface area contributed by atoms with Crippen molar-refractivity contribution in [2.75, 3.05) is 19.0 Å². The van der Waals surface area contributed by atoms with Crippen molar-refractivity contribution >= 4 is 23.5 Å². The monoisotopic (exact) mass is 482 g/mol. The maximum Gasteiger partial charge on any atom is 0.338 e. The molecule has 8 heteroatoms. The van der Waals surface area contributed by atoms with Crippen molar-refractivity contribution in [1.82, 2.24) is 4.90 Å². The van der Waals surface area contributed by atoms with Gasteiger partial charge in [-0.1, -0.05) is 6.07 Å². The van der Waals surface area contributed by atoms with Crippen LogP contribution in [0.5, 0.6) is 11.5 Å². The van der Waals surface area contributed by atoms with E-state index in [9.17, 15) is 14.4 Å². The summed E-state index contributed by atoms with van der Waals surface area (Å²) >= 11 is 0. The van der Waals surface area contributed by atoms with Crippen LogP contribution in [0.4, 0.5) is 5.69 Å². The molecule has 188 valence electrons. The van der Waals surface area contributed by atoms with Gasteiger partial charge in [0.25, 0.3) is 11.8 Å². The highest BCUT2D eigenvalue weighted by molar-refractivity contribution is 5.98. The smallest absolute Gasteiger partial charge is 0.338 e. The van der Waals surface area contributed by atoms with Crippen LogP contribution in [-0.4, -0.2) is 54.6 Å². The third kappa shape index (κ3) is 6.74. The van der Waals surface area contributed by atoms with Crippen LogP contribution >= 0.6 is 0 Å². The number of benzene rings is 2. The largest absolute Gasteiger partial charge is 0.495 e. The van der Waals surface area contributed by atoms with E-state index in [1.54, 1.807) is 36.4 Å². The molecule has 0 aliphatic carbocycles. The van der Waals surface area contributed by atoms with E-state index >= 15 is 0 Å². The van der Waals surface area contributed by atoms with Crippen LogP contribution in [0, 0.1) is 6.92 Å². The third-order valence-electron chi connectivity index (χ3n) is 6.20. The fraction of sp³-hybridized carbons (Fsp3) is 0.444. The number of hydrogen-bond donors (Lipinski definition) is 1. The summed E-state index contributed by atoms with van der Waals surface area (Å²) in [6.07, 6.45) is 2.11. The summed E-state index contributed by atoms with van der Waals surface area (Å²) in [7, 11) is 1.52. The molecule has 0 saturated carbocycles. The Balaban J connectivity index is 1.52. The van der Waals surface area contributed by atoms with Gasteiger partial charge in [-0.2, -0.15) is 0 Å². The van der Waals surface area contributed by atoms with Gasteiger partial charge in [-0.3, -0.25) is 9.59 Å². The average molecular weight is 483 g/mol. The number of rotatable bonds is 8. The molecule has 1 aliphatic heterocycles. The molecule has 1 saturated heterocycles. The first-order chi connectivity index (χ1) is 16.7. The van der Waals surface area contributed by atoms with Gasteiger partial charge in [-0.05, 0) is 88.9 Å². The van der Waals surface area contributed by atoms with Gasteiger partial charge in [0.15, 0.2) is 12.7 Å². The number of nitrogens with zero attached hydrogens (tertiary/aromatic N) is 1. The van der Waals surface area contributed by atoms with Gasteiger partial charge in [-0.25, -0.2) is 4.79 Å². The molecule has 2 aromatic rings. The summed E-state index contributed by atoms with van der Waals surface area (Å²) in [5.41, 5.74) is 1.73. The van der Waals surface area contributed by atoms with Crippen LogP contribution in [0.15, 0.2) is 42.5 Å². The molecule has 3 unspecified atom stereocenters. The van der Waals surface area contributed by atoms with Gasteiger partial charge < -0.3 is 24.4 Å². The molecule has 3 rings (SSSR count). The molecule has 2 amide bonds. The minimum Gasteiger partial charge on any atom is -0.495 e. The van der Waals surface area contributed by atoms with Crippen LogP contribution in [0.2, 0.25) is 0 Å². The molecule has 35 heavy (non-hydrogen) atoms. The van der Waals surface area contributed by atoms with Gasteiger partial charge in [-0.15, -0.1) is 0 Å². The first-order valence-corrected chi connectivity index (χ1v) is 11.9. The Hall–Kier alpha value is -3.55. The Kier molecular flexibility index (Phi) is 8.73. The average Bonchev–Trinajstić information content (AvgIpc) is 2.83. The summed E-state index contributed by atoms with van der Waals surface area (Å²) in [6, 6.07) is 12.1. The summed E-state index contributed by atoms with van der Waals surface area (Å²) in [5.74, 6) is -0.159. The maximum atomic E-state index is 12.6. The van der Waals surface area contributed by atoms with E-state index in [1.165, 1.54) is 14.0 Å². The second-order valence-corrected chi connectivity index (χ2v) is 8.98. The van der Waals surface area contributed by atoms with Crippen molar-refractivity contribution in [2.45, 2.75) is 65.1 Å². The zero-order chi connectivity index (χ0) is 25.5. The van der Waals surface area contributed by atoms with Crippen LogP contribution in [-0.2, 0) is 14.3 Å². The minimum absolute atomic E-state index is 0.0433. The highest BCUT2D eigenvalue weighted by atomic mass is 16.5. The van der Waals surface area contributed by atoms with Crippen LogP contribution in [0.1, 0.15) is 56.0 Å². The van der Waals surface area contributed by atoms with Gasteiger partial charge in [0, 0.05) is 12.1 Å². The third-order valence-corrected chi connectivity index (χ3v) is 6.20. The SMILES string of the molecule is COc1ccc(C)cc1NC(=O)C(C)OC(=O)c1ccc(OCC(=O)N2C(C)CCCC2C)cc1. The number of piperidine rings is 1. The van der Waals surface area contributed by atoms with Crippen LogP contribution in [0.25, 0.3) is 0 Å². The van der Waals surface area contributed by atoms with E-state index < -0.39 is 18.0 Å². The van der Waals surface area contributed by atoms with Crippen molar-refractivity contribution in [1.29, 1.82) is 0 Å². The predicted octanol–water partition coefficient (Wildman–Crippen LogP) is 4.36. The number of amides is 2. The number of esters is 1. The molecule has 0 aromatic heterocycles. The second-order valence-electron chi connectivity index (χ2n) is 8.98. The fourth-order valence-electron chi connectivity index (χ4n) is 4.26. The zero-order valence-electron chi connectivity index (χ0n) is 21.0. The summed E-state index contributed by atoms with van der Waals surface area (Å²) < 4.78 is 16.2. The van der Waals surface area contributed by atoms with Gasteiger partial charge in [0.2, 0.25) is 0 Å². The minimum atomic E-state index is -1.02.